The first-order chi connectivity index (χ1) is 6.65. The van der Waals surface area contributed by atoms with Crippen LogP contribution in [-0.2, 0) is 0 Å². The Hall–Kier alpha value is -0.160. The third-order valence-corrected chi connectivity index (χ3v) is 2.45. The zero-order valence-corrected chi connectivity index (χ0v) is 8.76. The Bertz CT molecular complexity index is 129. The Kier molecular flexibility index (Phi) is 8.08. The van der Waals surface area contributed by atoms with Crippen LogP contribution in [0.1, 0.15) is 26.2 Å². The minimum atomic E-state index is -0.582. The Balaban J connectivity index is 3.85. The largest absolute Gasteiger partial charge is 0.396 e. The first-order valence-corrected chi connectivity index (χ1v) is 5.16. The van der Waals surface area contributed by atoms with E-state index in [-0.39, 0.29) is 31.7 Å². The minimum absolute atomic E-state index is 0.0603. The van der Waals surface area contributed by atoms with Crippen molar-refractivity contribution in [3.63, 3.8) is 0 Å². The van der Waals surface area contributed by atoms with Crippen LogP contribution in [0.2, 0.25) is 0 Å². The molecule has 0 saturated heterocycles. The van der Waals surface area contributed by atoms with E-state index in [9.17, 15) is 5.11 Å². The van der Waals surface area contributed by atoms with E-state index in [0.29, 0.717) is 19.3 Å². The molecule has 14 heavy (non-hydrogen) atoms. The maximum atomic E-state index is 9.63. The number of hydrogen-bond acceptors (Lipinski definition) is 4. The molecule has 0 aliphatic carbocycles. The molecule has 0 spiro atoms. The molecule has 86 valence electrons. The summed E-state index contributed by atoms with van der Waals surface area (Å²) in [6.07, 6.45) is 1.08. The summed E-state index contributed by atoms with van der Waals surface area (Å²) < 4.78 is 0. The zero-order chi connectivity index (χ0) is 11.0. The molecule has 3 atom stereocenters. The van der Waals surface area contributed by atoms with Crippen molar-refractivity contribution in [2.75, 3.05) is 19.8 Å². The topological polar surface area (TPSA) is 80.9 Å². The van der Waals surface area contributed by atoms with Gasteiger partial charge in [-0.25, -0.2) is 0 Å². The molecule has 0 aromatic carbocycles. The third kappa shape index (κ3) is 5.54. The Labute approximate surface area is 85.2 Å². The Morgan fingerprint density at radius 2 is 1.71 bits per heavy atom. The summed E-state index contributed by atoms with van der Waals surface area (Å²) >= 11 is 0. The quantitative estimate of drug-likeness (QED) is 0.441. The van der Waals surface area contributed by atoms with Crippen molar-refractivity contribution in [3.8, 4) is 0 Å². The van der Waals surface area contributed by atoms with Gasteiger partial charge in [-0.2, -0.15) is 0 Å². The lowest BCUT2D eigenvalue weighted by atomic mass is 9.90. The van der Waals surface area contributed by atoms with E-state index in [2.05, 4.69) is 0 Å². The molecule has 0 saturated carbocycles. The summed E-state index contributed by atoms with van der Waals surface area (Å²) in [5.41, 5.74) is 0. The van der Waals surface area contributed by atoms with Crippen LogP contribution in [0.5, 0.6) is 0 Å². The predicted octanol–water partition coefficient (Wildman–Crippen LogP) is -0.253. The highest BCUT2D eigenvalue weighted by Crippen LogP contribution is 2.18. The molecule has 0 aromatic heterocycles. The minimum Gasteiger partial charge on any atom is -0.396 e. The summed E-state index contributed by atoms with van der Waals surface area (Å²) in [5.74, 6) is -0.0976. The molecule has 3 unspecified atom stereocenters. The van der Waals surface area contributed by atoms with Gasteiger partial charge in [0.2, 0.25) is 0 Å². The van der Waals surface area contributed by atoms with Crippen LogP contribution >= 0.6 is 0 Å². The van der Waals surface area contributed by atoms with E-state index >= 15 is 0 Å². The summed E-state index contributed by atoms with van der Waals surface area (Å²) in [4.78, 5) is 0. The van der Waals surface area contributed by atoms with Gasteiger partial charge in [0.1, 0.15) is 0 Å². The van der Waals surface area contributed by atoms with Gasteiger partial charge in [0, 0.05) is 25.7 Å². The van der Waals surface area contributed by atoms with Crippen LogP contribution in [0.4, 0.5) is 0 Å². The second-order valence-corrected chi connectivity index (χ2v) is 3.90. The first-order valence-electron chi connectivity index (χ1n) is 5.16. The van der Waals surface area contributed by atoms with Gasteiger partial charge in [0.05, 0.1) is 6.10 Å². The molecule has 4 heteroatoms. The normalized spacial score (nSPS) is 17.8. The van der Waals surface area contributed by atoms with Gasteiger partial charge in [-0.1, -0.05) is 6.92 Å². The molecule has 4 N–H and O–H groups in total. The molecule has 0 amide bonds. The van der Waals surface area contributed by atoms with Crippen LogP contribution in [0.15, 0.2) is 0 Å². The number of rotatable bonds is 8. The molecule has 0 radical (unpaired) electrons. The molecule has 0 aliphatic rings. The zero-order valence-electron chi connectivity index (χ0n) is 8.76. The molecule has 0 heterocycles. The second kappa shape index (κ2) is 8.17. The van der Waals surface area contributed by atoms with Gasteiger partial charge in [-0.15, -0.1) is 0 Å². The summed E-state index contributed by atoms with van der Waals surface area (Å²) in [5, 5.41) is 36.1. The molecule has 0 bridgehead atoms. The van der Waals surface area contributed by atoms with E-state index in [0.717, 1.165) is 0 Å². The fourth-order valence-electron chi connectivity index (χ4n) is 1.48. The van der Waals surface area contributed by atoms with Crippen molar-refractivity contribution in [1.29, 1.82) is 0 Å². The van der Waals surface area contributed by atoms with Crippen LogP contribution in [0.3, 0.4) is 0 Å². The highest BCUT2D eigenvalue weighted by atomic mass is 16.3. The van der Waals surface area contributed by atoms with Crippen molar-refractivity contribution >= 4 is 0 Å². The molecule has 4 nitrogen and oxygen atoms in total. The lowest BCUT2D eigenvalue weighted by Crippen LogP contribution is -2.26. The van der Waals surface area contributed by atoms with E-state index in [1.54, 1.807) is 0 Å². The Morgan fingerprint density at radius 1 is 1.07 bits per heavy atom. The van der Waals surface area contributed by atoms with Crippen LogP contribution < -0.4 is 0 Å². The van der Waals surface area contributed by atoms with Crippen molar-refractivity contribution in [3.05, 3.63) is 0 Å². The number of aliphatic hydroxyl groups excluding tert-OH is 4. The van der Waals surface area contributed by atoms with Gasteiger partial charge in [0.15, 0.2) is 0 Å². The summed E-state index contributed by atoms with van der Waals surface area (Å²) in [7, 11) is 0. The molecule has 0 aromatic rings. The van der Waals surface area contributed by atoms with Gasteiger partial charge in [-0.3, -0.25) is 0 Å². The molecular formula is C10H22O4. The maximum absolute atomic E-state index is 9.63. The predicted molar refractivity (Wildman–Crippen MR) is 53.8 cm³/mol. The SMILES string of the molecule is CC(CO)CC(CO)C(O)CCCO. The van der Waals surface area contributed by atoms with Crippen molar-refractivity contribution < 1.29 is 20.4 Å². The monoisotopic (exact) mass is 206 g/mol. The van der Waals surface area contributed by atoms with Crippen LogP contribution in [0, 0.1) is 11.8 Å². The van der Waals surface area contributed by atoms with Crippen LogP contribution in [-0.4, -0.2) is 46.4 Å². The lowest BCUT2D eigenvalue weighted by Gasteiger charge is -2.23. The second-order valence-electron chi connectivity index (χ2n) is 3.90. The third-order valence-electron chi connectivity index (χ3n) is 2.45. The molecule has 0 aliphatic heterocycles. The Morgan fingerprint density at radius 3 is 2.14 bits per heavy atom. The van der Waals surface area contributed by atoms with Gasteiger partial charge in [0.25, 0.3) is 0 Å². The highest BCUT2D eigenvalue weighted by Gasteiger charge is 2.20. The smallest absolute Gasteiger partial charge is 0.0591 e. The van der Waals surface area contributed by atoms with Crippen molar-refractivity contribution in [1.82, 2.24) is 0 Å². The van der Waals surface area contributed by atoms with Crippen LogP contribution in [0.25, 0.3) is 0 Å². The number of aliphatic hydroxyl groups is 4. The van der Waals surface area contributed by atoms with E-state index in [1.165, 1.54) is 0 Å². The molecular weight excluding hydrogens is 184 g/mol. The van der Waals surface area contributed by atoms with E-state index in [1.807, 2.05) is 6.92 Å². The summed E-state index contributed by atoms with van der Waals surface area (Å²) in [6.45, 7) is 1.94. The fourth-order valence-corrected chi connectivity index (χ4v) is 1.48. The van der Waals surface area contributed by atoms with E-state index in [4.69, 9.17) is 15.3 Å². The lowest BCUT2D eigenvalue weighted by molar-refractivity contribution is 0.0381. The van der Waals surface area contributed by atoms with Crippen molar-refractivity contribution in [2.24, 2.45) is 11.8 Å². The standard InChI is InChI=1S/C10H22O4/c1-8(6-12)5-9(7-13)10(14)3-2-4-11/h8-14H,2-7H2,1H3. The first kappa shape index (κ1) is 13.8. The van der Waals surface area contributed by atoms with Crippen molar-refractivity contribution in [2.45, 2.75) is 32.3 Å². The molecule has 0 rings (SSSR count). The highest BCUT2D eigenvalue weighted by molar-refractivity contribution is 4.70. The van der Waals surface area contributed by atoms with Gasteiger partial charge < -0.3 is 20.4 Å². The van der Waals surface area contributed by atoms with Gasteiger partial charge in [-0.05, 0) is 25.2 Å². The van der Waals surface area contributed by atoms with E-state index < -0.39 is 6.10 Å². The average molecular weight is 206 g/mol. The number of hydrogen-bond donors (Lipinski definition) is 4. The molecule has 0 fully saturated rings. The van der Waals surface area contributed by atoms with Gasteiger partial charge >= 0.3 is 0 Å². The average Bonchev–Trinajstić information content (AvgIpc) is 2.21. The summed E-state index contributed by atoms with van der Waals surface area (Å²) in [6, 6.07) is 0. The fraction of sp³-hybridized carbons (Fsp3) is 1.00. The maximum Gasteiger partial charge on any atom is 0.0591 e.